The highest BCUT2D eigenvalue weighted by atomic mass is 32.2. The molecule has 0 aliphatic rings. The van der Waals surface area contributed by atoms with Crippen molar-refractivity contribution in [3.8, 4) is 0 Å². The summed E-state index contributed by atoms with van der Waals surface area (Å²) in [6, 6.07) is 13.0. The number of imidazole rings is 1. The normalized spacial score (nSPS) is 12.0. The summed E-state index contributed by atoms with van der Waals surface area (Å²) in [6.45, 7) is 7.27. The average Bonchev–Trinajstić information content (AvgIpc) is 3.09. The Morgan fingerprint density at radius 2 is 1.82 bits per heavy atom. The van der Waals surface area contributed by atoms with Crippen molar-refractivity contribution in [3.63, 3.8) is 0 Å². The molecular weight excluding hydrogens is 438 g/mol. The van der Waals surface area contributed by atoms with E-state index in [0.29, 0.717) is 18.5 Å². The lowest BCUT2D eigenvalue weighted by molar-refractivity contribution is -0.120. The second-order valence-corrected chi connectivity index (χ2v) is 10.7. The Bertz CT molecular complexity index is 1210. The molecule has 0 saturated heterocycles. The maximum absolute atomic E-state index is 12.5. The summed E-state index contributed by atoms with van der Waals surface area (Å²) in [7, 11) is -0.478. The van der Waals surface area contributed by atoms with E-state index in [2.05, 4.69) is 22.1 Å². The topological polar surface area (TPSA) is 96.3 Å². The van der Waals surface area contributed by atoms with E-state index in [1.807, 2.05) is 44.2 Å². The van der Waals surface area contributed by atoms with Crippen LogP contribution in [0.3, 0.4) is 0 Å². The molecule has 0 fully saturated rings. The highest BCUT2D eigenvalue weighted by molar-refractivity contribution is 7.89. The number of fused-ring (bicyclic) bond motifs is 1. The zero-order valence-corrected chi connectivity index (χ0v) is 20.7. The minimum atomic E-state index is -3.52. The standard InChI is InChI=1S/C24H33N5O3S/c1-6-13-29-22-12-11-20(33(31,32)28(4)5)15-21(22)27-23(29)16-25-19-9-7-18(8-10-19)14-24(30)26-17(2)3/h7-12,15,17,25H,6,13-14,16H2,1-5H3,(H,26,30). The Morgan fingerprint density at radius 3 is 2.42 bits per heavy atom. The van der Waals surface area contributed by atoms with Crippen LogP contribution in [0.2, 0.25) is 0 Å². The number of benzene rings is 2. The molecule has 1 heterocycles. The van der Waals surface area contributed by atoms with Crippen LogP contribution in [0.15, 0.2) is 47.4 Å². The Balaban J connectivity index is 1.78. The van der Waals surface area contributed by atoms with E-state index >= 15 is 0 Å². The van der Waals surface area contributed by atoms with E-state index in [9.17, 15) is 13.2 Å². The van der Waals surface area contributed by atoms with Crippen LogP contribution in [0, 0.1) is 0 Å². The van der Waals surface area contributed by atoms with Crippen LogP contribution in [-0.2, 0) is 34.3 Å². The summed E-state index contributed by atoms with van der Waals surface area (Å²) >= 11 is 0. The summed E-state index contributed by atoms with van der Waals surface area (Å²) in [6.07, 6.45) is 1.28. The number of hydrogen-bond acceptors (Lipinski definition) is 5. The van der Waals surface area contributed by atoms with Crippen molar-refractivity contribution >= 4 is 32.7 Å². The van der Waals surface area contributed by atoms with Crippen LogP contribution >= 0.6 is 0 Å². The number of hydrogen-bond donors (Lipinski definition) is 2. The highest BCUT2D eigenvalue weighted by Gasteiger charge is 2.19. The fraction of sp³-hybridized carbons (Fsp3) is 0.417. The summed E-state index contributed by atoms with van der Waals surface area (Å²) in [5, 5.41) is 6.28. The zero-order chi connectivity index (χ0) is 24.2. The van der Waals surface area contributed by atoms with Crippen molar-refractivity contribution in [2.24, 2.45) is 0 Å². The van der Waals surface area contributed by atoms with Crippen molar-refractivity contribution in [3.05, 3.63) is 53.9 Å². The van der Waals surface area contributed by atoms with Gasteiger partial charge in [0, 0.05) is 32.4 Å². The molecule has 0 saturated carbocycles. The number of aromatic nitrogens is 2. The molecule has 0 bridgehead atoms. The number of nitrogens with one attached hydrogen (secondary N) is 2. The molecule has 0 aliphatic heterocycles. The lowest BCUT2D eigenvalue weighted by Gasteiger charge is -2.12. The second-order valence-electron chi connectivity index (χ2n) is 8.57. The number of carbonyl (C=O) groups excluding carboxylic acids is 1. The van der Waals surface area contributed by atoms with Crippen LogP contribution in [-0.4, -0.2) is 48.3 Å². The smallest absolute Gasteiger partial charge is 0.242 e. The molecule has 0 unspecified atom stereocenters. The van der Waals surface area contributed by atoms with Gasteiger partial charge in [0.2, 0.25) is 15.9 Å². The first-order valence-corrected chi connectivity index (χ1v) is 12.6. The van der Waals surface area contributed by atoms with E-state index in [1.54, 1.807) is 12.1 Å². The van der Waals surface area contributed by atoms with Gasteiger partial charge in [0.1, 0.15) is 5.82 Å². The van der Waals surface area contributed by atoms with Crippen molar-refractivity contribution in [2.45, 2.75) is 57.6 Å². The molecule has 33 heavy (non-hydrogen) atoms. The van der Waals surface area contributed by atoms with Gasteiger partial charge in [0.25, 0.3) is 0 Å². The van der Waals surface area contributed by atoms with E-state index in [1.165, 1.54) is 18.4 Å². The van der Waals surface area contributed by atoms with Crippen molar-refractivity contribution < 1.29 is 13.2 Å². The van der Waals surface area contributed by atoms with E-state index in [0.717, 1.165) is 35.6 Å². The fourth-order valence-electron chi connectivity index (χ4n) is 3.62. The van der Waals surface area contributed by atoms with E-state index in [-0.39, 0.29) is 16.8 Å². The van der Waals surface area contributed by atoms with Gasteiger partial charge in [-0.05, 0) is 56.2 Å². The van der Waals surface area contributed by atoms with Crippen LogP contribution in [0.25, 0.3) is 11.0 Å². The van der Waals surface area contributed by atoms with Gasteiger partial charge in [0.15, 0.2) is 0 Å². The Labute approximate surface area is 196 Å². The SMILES string of the molecule is CCCn1c(CNc2ccc(CC(=O)NC(C)C)cc2)nc2cc(S(=O)(=O)N(C)C)ccc21. The van der Waals surface area contributed by atoms with E-state index in [4.69, 9.17) is 4.98 Å². The largest absolute Gasteiger partial charge is 0.378 e. The minimum absolute atomic E-state index is 0.00893. The summed E-state index contributed by atoms with van der Waals surface area (Å²) in [5.41, 5.74) is 3.45. The minimum Gasteiger partial charge on any atom is -0.378 e. The molecule has 2 aromatic carbocycles. The third kappa shape index (κ3) is 5.91. The van der Waals surface area contributed by atoms with Gasteiger partial charge in [-0.25, -0.2) is 17.7 Å². The molecule has 1 amide bonds. The maximum Gasteiger partial charge on any atom is 0.242 e. The predicted octanol–water partition coefficient (Wildman–Crippen LogP) is 3.38. The fourth-order valence-corrected chi connectivity index (χ4v) is 4.54. The molecule has 0 spiro atoms. The van der Waals surface area contributed by atoms with Gasteiger partial charge >= 0.3 is 0 Å². The molecule has 178 valence electrons. The van der Waals surface area contributed by atoms with E-state index < -0.39 is 10.0 Å². The number of nitrogens with zero attached hydrogens (tertiary/aromatic N) is 3. The lowest BCUT2D eigenvalue weighted by Crippen LogP contribution is -2.31. The summed E-state index contributed by atoms with van der Waals surface area (Å²) in [4.78, 5) is 16.9. The number of anilines is 1. The lowest BCUT2D eigenvalue weighted by atomic mass is 10.1. The highest BCUT2D eigenvalue weighted by Crippen LogP contribution is 2.23. The maximum atomic E-state index is 12.5. The van der Waals surface area contributed by atoms with Crippen LogP contribution in [0.1, 0.15) is 38.6 Å². The number of rotatable bonds is 10. The van der Waals surface area contributed by atoms with Gasteiger partial charge in [-0.15, -0.1) is 0 Å². The second kappa shape index (κ2) is 10.4. The van der Waals surface area contributed by atoms with Gasteiger partial charge in [-0.1, -0.05) is 19.1 Å². The third-order valence-electron chi connectivity index (χ3n) is 5.24. The summed E-state index contributed by atoms with van der Waals surface area (Å²) < 4.78 is 28.3. The molecule has 8 nitrogen and oxygen atoms in total. The van der Waals surface area contributed by atoms with Gasteiger partial charge in [-0.3, -0.25) is 4.79 Å². The predicted molar refractivity (Wildman–Crippen MR) is 132 cm³/mol. The van der Waals surface area contributed by atoms with Gasteiger partial charge in [-0.2, -0.15) is 0 Å². The Morgan fingerprint density at radius 1 is 1.12 bits per heavy atom. The van der Waals surface area contributed by atoms with Gasteiger partial charge in [0.05, 0.1) is 28.9 Å². The van der Waals surface area contributed by atoms with Crippen LogP contribution in [0.5, 0.6) is 0 Å². The number of carbonyl (C=O) groups is 1. The Hall–Kier alpha value is -2.91. The Kier molecular flexibility index (Phi) is 7.76. The quantitative estimate of drug-likeness (QED) is 0.473. The zero-order valence-electron chi connectivity index (χ0n) is 19.9. The monoisotopic (exact) mass is 471 g/mol. The molecule has 1 aromatic heterocycles. The summed E-state index contributed by atoms with van der Waals surface area (Å²) in [5.74, 6) is 0.848. The van der Waals surface area contributed by atoms with Crippen LogP contribution in [0.4, 0.5) is 5.69 Å². The molecular formula is C24H33N5O3S. The van der Waals surface area contributed by atoms with Crippen molar-refractivity contribution in [2.75, 3.05) is 19.4 Å². The molecule has 2 N–H and O–H groups in total. The van der Waals surface area contributed by atoms with Crippen molar-refractivity contribution in [1.29, 1.82) is 0 Å². The van der Waals surface area contributed by atoms with Crippen LogP contribution < -0.4 is 10.6 Å². The molecule has 3 rings (SSSR count). The average molecular weight is 472 g/mol. The number of aryl methyl sites for hydroxylation is 1. The first kappa shape index (κ1) is 24.7. The molecule has 3 aromatic rings. The molecule has 0 aliphatic carbocycles. The first-order valence-electron chi connectivity index (χ1n) is 11.2. The third-order valence-corrected chi connectivity index (χ3v) is 7.05. The van der Waals surface area contributed by atoms with Gasteiger partial charge < -0.3 is 15.2 Å². The molecule has 0 radical (unpaired) electrons. The first-order chi connectivity index (χ1) is 15.6. The molecule has 9 heteroatoms. The number of sulfonamides is 1. The van der Waals surface area contributed by atoms with Crippen molar-refractivity contribution in [1.82, 2.24) is 19.2 Å². The molecule has 0 atom stereocenters. The number of amides is 1.